The number of benzene rings is 2. The Labute approximate surface area is 230 Å². The Morgan fingerprint density at radius 1 is 0.975 bits per heavy atom. The molecule has 3 rings (SSSR count). The first kappa shape index (κ1) is 32.1. The minimum atomic E-state index is -5.08. The fourth-order valence-electron chi connectivity index (χ4n) is 3.70. The van der Waals surface area contributed by atoms with E-state index in [4.69, 9.17) is 14.9 Å². The van der Waals surface area contributed by atoms with Crippen LogP contribution in [0, 0.1) is 0 Å². The molecule has 1 aliphatic rings. The Bertz CT molecular complexity index is 1150. The van der Waals surface area contributed by atoms with E-state index in [9.17, 15) is 27.9 Å². The average Bonchev–Trinajstić information content (AvgIpc) is 2.89. The van der Waals surface area contributed by atoms with Gasteiger partial charge in [-0.3, -0.25) is 14.7 Å². The minimum absolute atomic E-state index is 0.0406. The molecule has 1 saturated heterocycles. The minimum Gasteiger partial charge on any atom is -0.478 e. The highest BCUT2D eigenvalue weighted by Gasteiger charge is 2.38. The maximum Gasteiger partial charge on any atom is 0.490 e. The van der Waals surface area contributed by atoms with E-state index >= 15 is 0 Å². The van der Waals surface area contributed by atoms with Crippen LogP contribution in [-0.4, -0.2) is 95.3 Å². The van der Waals surface area contributed by atoms with Crippen molar-refractivity contribution in [1.82, 2.24) is 15.1 Å². The number of carbonyl (C=O) groups is 3. The van der Waals surface area contributed by atoms with Gasteiger partial charge in [-0.15, -0.1) is 0 Å². The van der Waals surface area contributed by atoms with Crippen molar-refractivity contribution in [2.75, 3.05) is 44.6 Å². The molecule has 0 aromatic heterocycles. The molecule has 218 valence electrons. The normalized spacial score (nSPS) is 14.2. The molecule has 1 fully saturated rings. The second kappa shape index (κ2) is 15.5. The van der Waals surface area contributed by atoms with Gasteiger partial charge < -0.3 is 25.7 Å². The fourth-order valence-corrected chi connectivity index (χ4v) is 3.70. The number of piperazine rings is 1. The number of aliphatic imine (C=N–C) groups is 1. The number of nitrogens with zero attached hydrogens (tertiary/aromatic N) is 3. The number of rotatable bonds is 8. The first-order chi connectivity index (χ1) is 18.8. The maximum absolute atomic E-state index is 12.1. The number of aromatic carboxylic acids is 1. The first-order valence-electron chi connectivity index (χ1n) is 12.6. The summed E-state index contributed by atoms with van der Waals surface area (Å²) in [4.78, 5) is 41.5. The van der Waals surface area contributed by atoms with E-state index in [2.05, 4.69) is 32.6 Å². The quantitative estimate of drug-likeness (QED) is 0.283. The molecule has 0 unspecified atom stereocenters. The number of aliphatic carboxylic acids is 1. The molecule has 1 amide bonds. The summed E-state index contributed by atoms with van der Waals surface area (Å²) in [6.07, 6.45) is -4.27. The predicted octanol–water partition coefficient (Wildman–Crippen LogP) is 3.17. The van der Waals surface area contributed by atoms with Crippen LogP contribution in [0.25, 0.3) is 0 Å². The predicted molar refractivity (Wildman–Crippen MR) is 144 cm³/mol. The van der Waals surface area contributed by atoms with Gasteiger partial charge in [0.05, 0.1) is 12.1 Å². The van der Waals surface area contributed by atoms with Crippen molar-refractivity contribution in [2.45, 2.75) is 32.5 Å². The van der Waals surface area contributed by atoms with Crippen molar-refractivity contribution in [1.29, 1.82) is 0 Å². The topological polar surface area (TPSA) is 135 Å². The number of carboxylic acids is 2. The summed E-state index contributed by atoms with van der Waals surface area (Å²) in [5.41, 5.74) is 2.13. The van der Waals surface area contributed by atoms with E-state index < -0.39 is 18.1 Å². The largest absolute Gasteiger partial charge is 0.490 e. The van der Waals surface area contributed by atoms with Gasteiger partial charge in [-0.1, -0.05) is 36.4 Å². The highest BCUT2D eigenvalue weighted by atomic mass is 19.4. The summed E-state index contributed by atoms with van der Waals surface area (Å²) in [5, 5.41) is 22.7. The van der Waals surface area contributed by atoms with E-state index in [1.165, 1.54) is 5.56 Å². The number of hydrogen-bond donors (Lipinski definition) is 4. The van der Waals surface area contributed by atoms with Crippen LogP contribution < -0.4 is 10.6 Å². The molecule has 0 radical (unpaired) electrons. The Hall–Kier alpha value is -4.13. The average molecular weight is 566 g/mol. The third-order valence-electron chi connectivity index (χ3n) is 5.60. The molecule has 0 atom stereocenters. The zero-order valence-corrected chi connectivity index (χ0v) is 22.3. The number of carbonyl (C=O) groups excluding carboxylic acids is 1. The number of anilines is 1. The van der Waals surface area contributed by atoms with Gasteiger partial charge >= 0.3 is 18.1 Å². The number of hydrogen-bond acceptors (Lipinski definition) is 5. The van der Waals surface area contributed by atoms with Gasteiger partial charge in [0.2, 0.25) is 5.91 Å². The van der Waals surface area contributed by atoms with Crippen LogP contribution in [0.5, 0.6) is 0 Å². The van der Waals surface area contributed by atoms with E-state index in [1.807, 2.05) is 38.1 Å². The summed E-state index contributed by atoms with van der Waals surface area (Å²) in [7, 11) is 0. The monoisotopic (exact) mass is 565 g/mol. The van der Waals surface area contributed by atoms with Crippen molar-refractivity contribution < 1.29 is 37.8 Å². The smallest absolute Gasteiger partial charge is 0.478 e. The van der Waals surface area contributed by atoms with Gasteiger partial charge in [-0.2, -0.15) is 13.2 Å². The molecule has 40 heavy (non-hydrogen) atoms. The highest BCUT2D eigenvalue weighted by Crippen LogP contribution is 2.14. The lowest BCUT2D eigenvalue weighted by atomic mass is 10.1. The molecule has 2 aromatic rings. The van der Waals surface area contributed by atoms with Crippen molar-refractivity contribution >= 4 is 29.5 Å². The zero-order chi connectivity index (χ0) is 29.7. The third kappa shape index (κ3) is 11.7. The van der Waals surface area contributed by atoms with E-state index in [0.717, 1.165) is 38.6 Å². The SMILES string of the molecule is CC(C)NC(=O)CN1CCN(C(=NCCc2ccccc2)Nc2cccc(C(=O)O)c2)CC1.O=C(O)C(F)(F)F. The Morgan fingerprint density at radius 3 is 2.15 bits per heavy atom. The van der Waals surface area contributed by atoms with Crippen LogP contribution in [0.1, 0.15) is 29.8 Å². The third-order valence-corrected chi connectivity index (χ3v) is 5.60. The van der Waals surface area contributed by atoms with Crippen LogP contribution in [-0.2, 0) is 16.0 Å². The number of nitrogens with one attached hydrogen (secondary N) is 2. The second-order valence-corrected chi connectivity index (χ2v) is 9.24. The second-order valence-electron chi connectivity index (χ2n) is 9.24. The van der Waals surface area contributed by atoms with Crippen molar-refractivity contribution in [3.63, 3.8) is 0 Å². The number of carboxylic acid groups (broad SMARTS) is 2. The van der Waals surface area contributed by atoms with Crippen molar-refractivity contribution in [2.24, 2.45) is 4.99 Å². The van der Waals surface area contributed by atoms with E-state index in [0.29, 0.717) is 18.8 Å². The molecule has 0 bridgehead atoms. The van der Waals surface area contributed by atoms with Crippen LogP contribution in [0.4, 0.5) is 18.9 Å². The lowest BCUT2D eigenvalue weighted by Gasteiger charge is -2.36. The Balaban J connectivity index is 0.000000708. The molecule has 0 spiro atoms. The summed E-state index contributed by atoms with van der Waals surface area (Å²) >= 11 is 0. The number of amides is 1. The molecule has 4 N–H and O–H groups in total. The van der Waals surface area contributed by atoms with Gasteiger partial charge in [0.15, 0.2) is 5.96 Å². The molecular weight excluding hydrogens is 531 g/mol. The highest BCUT2D eigenvalue weighted by molar-refractivity contribution is 5.96. The van der Waals surface area contributed by atoms with Crippen LogP contribution in [0.3, 0.4) is 0 Å². The van der Waals surface area contributed by atoms with E-state index in [-0.39, 0.29) is 17.5 Å². The molecule has 1 aliphatic heterocycles. The number of alkyl halides is 3. The number of guanidine groups is 1. The van der Waals surface area contributed by atoms with Crippen molar-refractivity contribution in [3.05, 3.63) is 65.7 Å². The van der Waals surface area contributed by atoms with Gasteiger partial charge in [0, 0.05) is 44.5 Å². The standard InChI is InChI=1S/C25H33N5O3.C2HF3O2/c1-19(2)27-23(31)18-29-13-15-30(16-14-29)25(26-12-11-20-7-4-3-5-8-20)28-22-10-6-9-21(17-22)24(32)33;3-2(4,5)1(6)7/h3-10,17,19H,11-16,18H2,1-2H3,(H,26,28)(H,27,31)(H,32,33);(H,6,7). The Kier molecular flexibility index (Phi) is 12.4. The lowest BCUT2D eigenvalue weighted by Crippen LogP contribution is -2.53. The molecule has 10 nitrogen and oxygen atoms in total. The molecule has 0 aliphatic carbocycles. The van der Waals surface area contributed by atoms with Crippen LogP contribution in [0.15, 0.2) is 59.6 Å². The maximum atomic E-state index is 12.1. The molecule has 1 heterocycles. The lowest BCUT2D eigenvalue weighted by molar-refractivity contribution is -0.192. The van der Waals surface area contributed by atoms with Gasteiger partial charge in [-0.25, -0.2) is 9.59 Å². The molecular formula is C27H34F3N5O5. The van der Waals surface area contributed by atoms with Crippen LogP contribution in [0.2, 0.25) is 0 Å². The summed E-state index contributed by atoms with van der Waals surface area (Å²) in [5.74, 6) is -2.96. The summed E-state index contributed by atoms with van der Waals surface area (Å²) < 4.78 is 31.7. The molecule has 2 aromatic carbocycles. The van der Waals surface area contributed by atoms with Crippen LogP contribution >= 0.6 is 0 Å². The van der Waals surface area contributed by atoms with Gasteiger partial charge in [0.1, 0.15) is 0 Å². The van der Waals surface area contributed by atoms with Gasteiger partial charge in [0.25, 0.3) is 0 Å². The first-order valence-corrected chi connectivity index (χ1v) is 12.6. The zero-order valence-electron chi connectivity index (χ0n) is 22.3. The Morgan fingerprint density at radius 2 is 1.60 bits per heavy atom. The fraction of sp³-hybridized carbons (Fsp3) is 0.407. The van der Waals surface area contributed by atoms with E-state index in [1.54, 1.807) is 18.2 Å². The van der Waals surface area contributed by atoms with Crippen molar-refractivity contribution in [3.8, 4) is 0 Å². The molecule has 0 saturated carbocycles. The summed E-state index contributed by atoms with van der Waals surface area (Å²) in [6, 6.07) is 17.1. The van der Waals surface area contributed by atoms with Gasteiger partial charge in [-0.05, 0) is 44.0 Å². The number of halogens is 3. The summed E-state index contributed by atoms with van der Waals surface area (Å²) in [6.45, 7) is 7.87. The molecule has 13 heteroatoms.